The summed E-state index contributed by atoms with van der Waals surface area (Å²) in [7, 11) is 0. The molecule has 36 heavy (non-hydrogen) atoms. The maximum atomic E-state index is 9.97. The molecule has 9 nitrogen and oxygen atoms in total. The summed E-state index contributed by atoms with van der Waals surface area (Å²) in [4.78, 5) is 20.7. The van der Waals surface area contributed by atoms with Crippen molar-refractivity contribution in [3.63, 3.8) is 0 Å². The number of likely N-dealkylation sites (tertiary alicyclic amines) is 1. The molecule has 11 heteroatoms. The Morgan fingerprint density at radius 2 is 2.19 bits per heavy atom. The molecule has 1 aromatic carbocycles. The molecule has 186 valence electrons. The van der Waals surface area contributed by atoms with Gasteiger partial charge in [-0.2, -0.15) is 0 Å². The molecule has 2 N–H and O–H groups in total. The summed E-state index contributed by atoms with van der Waals surface area (Å²) < 4.78 is 11.9. The fourth-order valence-corrected chi connectivity index (χ4v) is 4.87. The molecule has 1 aliphatic rings. The molecule has 0 amide bonds. The third-order valence-corrected chi connectivity index (χ3v) is 6.90. The van der Waals surface area contributed by atoms with Crippen molar-refractivity contribution in [2.24, 2.45) is 0 Å². The second-order valence-electron chi connectivity index (χ2n) is 8.34. The molecular formula is C25H25ClN6O3S. The Balaban J connectivity index is 1.29. The van der Waals surface area contributed by atoms with Gasteiger partial charge in [-0.25, -0.2) is 19.9 Å². The topological polar surface area (TPSA) is 106 Å². The van der Waals surface area contributed by atoms with Crippen LogP contribution in [-0.2, 0) is 6.61 Å². The molecule has 4 aromatic rings. The zero-order chi connectivity index (χ0) is 25.1. The van der Waals surface area contributed by atoms with E-state index in [1.807, 2.05) is 30.2 Å². The Kier molecular flexibility index (Phi) is 7.28. The summed E-state index contributed by atoms with van der Waals surface area (Å²) in [5.74, 6) is 1.58. The van der Waals surface area contributed by atoms with E-state index in [0.717, 1.165) is 28.5 Å². The number of fused-ring (bicyclic) bond motifs is 1. The average molecular weight is 525 g/mol. The van der Waals surface area contributed by atoms with Crippen LogP contribution in [0.1, 0.15) is 16.3 Å². The highest BCUT2D eigenvalue weighted by Gasteiger charge is 2.27. The first-order valence-electron chi connectivity index (χ1n) is 11.4. The zero-order valence-corrected chi connectivity index (χ0v) is 21.2. The lowest BCUT2D eigenvalue weighted by Gasteiger charge is -2.19. The number of ether oxygens (including phenoxy) is 2. The van der Waals surface area contributed by atoms with Crippen molar-refractivity contribution < 1.29 is 14.6 Å². The van der Waals surface area contributed by atoms with E-state index >= 15 is 0 Å². The van der Waals surface area contributed by atoms with E-state index < -0.39 is 6.23 Å². The quantitative estimate of drug-likeness (QED) is 0.301. The van der Waals surface area contributed by atoms with Crippen molar-refractivity contribution in [3.8, 4) is 11.6 Å². The fraction of sp³-hybridized carbons (Fsp3) is 0.280. The zero-order valence-electron chi connectivity index (χ0n) is 19.6. The van der Waals surface area contributed by atoms with Crippen LogP contribution in [0.4, 0.5) is 11.5 Å². The van der Waals surface area contributed by atoms with Gasteiger partial charge >= 0.3 is 0 Å². The lowest BCUT2D eigenvalue weighted by molar-refractivity contribution is 0.0518. The fourth-order valence-electron chi connectivity index (χ4n) is 3.93. The molecule has 1 aliphatic heterocycles. The smallest absolute Gasteiger partial charge is 0.214 e. The van der Waals surface area contributed by atoms with Crippen LogP contribution in [0.25, 0.3) is 11.0 Å². The summed E-state index contributed by atoms with van der Waals surface area (Å²) in [5, 5.41) is 14.6. The summed E-state index contributed by atoms with van der Waals surface area (Å²) in [6.07, 6.45) is 4.85. The summed E-state index contributed by atoms with van der Waals surface area (Å²) in [6.45, 7) is 7.33. The van der Waals surface area contributed by atoms with E-state index in [0.29, 0.717) is 46.7 Å². The third kappa shape index (κ3) is 5.57. The van der Waals surface area contributed by atoms with Crippen LogP contribution in [0.2, 0.25) is 5.02 Å². The summed E-state index contributed by atoms with van der Waals surface area (Å²) in [5.41, 5.74) is 1.99. The van der Waals surface area contributed by atoms with Gasteiger partial charge in [0.1, 0.15) is 41.5 Å². The van der Waals surface area contributed by atoms with Gasteiger partial charge in [0.2, 0.25) is 5.88 Å². The number of aliphatic hydroxyl groups excluding tert-OH is 1. The van der Waals surface area contributed by atoms with Gasteiger partial charge in [-0.1, -0.05) is 18.2 Å². The monoisotopic (exact) mass is 524 g/mol. The number of halogens is 1. The van der Waals surface area contributed by atoms with E-state index in [2.05, 4.69) is 31.8 Å². The number of benzene rings is 1. The maximum absolute atomic E-state index is 9.97. The van der Waals surface area contributed by atoms with E-state index in [1.165, 1.54) is 12.4 Å². The van der Waals surface area contributed by atoms with Gasteiger partial charge in [0.15, 0.2) is 5.82 Å². The van der Waals surface area contributed by atoms with Crippen LogP contribution < -0.4 is 14.8 Å². The lowest BCUT2D eigenvalue weighted by atomic mass is 10.3. The van der Waals surface area contributed by atoms with Gasteiger partial charge in [0, 0.05) is 35.9 Å². The molecule has 4 heterocycles. The van der Waals surface area contributed by atoms with Gasteiger partial charge in [-0.15, -0.1) is 11.3 Å². The first kappa shape index (κ1) is 24.4. The second kappa shape index (κ2) is 10.8. The molecule has 1 saturated heterocycles. The molecule has 1 unspecified atom stereocenters. The molecule has 0 aliphatic carbocycles. The minimum absolute atomic E-state index is 0.0785. The predicted molar refractivity (Wildman–Crippen MR) is 140 cm³/mol. The van der Waals surface area contributed by atoms with Crippen molar-refractivity contribution in [2.75, 3.05) is 18.4 Å². The van der Waals surface area contributed by atoms with E-state index in [4.69, 9.17) is 21.1 Å². The highest BCUT2D eigenvalue weighted by Crippen LogP contribution is 2.31. The van der Waals surface area contributed by atoms with Crippen LogP contribution in [-0.4, -0.2) is 55.4 Å². The Morgan fingerprint density at radius 3 is 2.97 bits per heavy atom. The number of nitrogens with one attached hydrogen (secondary N) is 1. The molecule has 3 aromatic heterocycles. The van der Waals surface area contributed by atoms with Gasteiger partial charge in [-0.3, -0.25) is 4.90 Å². The molecular weight excluding hydrogens is 500 g/mol. The lowest BCUT2D eigenvalue weighted by Crippen LogP contribution is -2.33. The highest BCUT2D eigenvalue weighted by molar-refractivity contribution is 7.11. The van der Waals surface area contributed by atoms with Crippen LogP contribution in [0.5, 0.6) is 11.6 Å². The molecule has 0 radical (unpaired) electrons. The van der Waals surface area contributed by atoms with Crippen LogP contribution in [0.15, 0.2) is 55.5 Å². The largest absolute Gasteiger partial charge is 0.485 e. The standard InChI is InChI=1S/C25H25ClN6O3S/c1-3-23(33)32-9-8-17(12-32)35-21-7-5-19-24(31-21)25(29-14-28-19)30-16-4-6-20(18(26)10-16)34-13-22-27-11-15(2)36-22/h3-7,10-11,14,17,23,33H,1,8-9,12-13H2,2H3,(H,28,29,30)/t17-,23?/m0/s1. The second-order valence-corrected chi connectivity index (χ2v) is 10.1. The number of aliphatic hydroxyl groups is 1. The maximum Gasteiger partial charge on any atom is 0.214 e. The van der Waals surface area contributed by atoms with Gasteiger partial charge in [0.25, 0.3) is 0 Å². The van der Waals surface area contributed by atoms with Crippen molar-refractivity contribution in [1.29, 1.82) is 0 Å². The first-order valence-corrected chi connectivity index (χ1v) is 12.6. The van der Waals surface area contributed by atoms with Crippen molar-refractivity contribution in [2.45, 2.75) is 32.3 Å². The van der Waals surface area contributed by atoms with Crippen LogP contribution in [0, 0.1) is 6.92 Å². The Morgan fingerprint density at radius 1 is 1.31 bits per heavy atom. The van der Waals surface area contributed by atoms with Crippen molar-refractivity contribution in [1.82, 2.24) is 24.8 Å². The Bertz CT molecular complexity index is 1380. The molecule has 1 fully saturated rings. The minimum Gasteiger partial charge on any atom is -0.485 e. The SMILES string of the molecule is C=CC(O)N1CC[C@H](Oc2ccc3ncnc(Nc4ccc(OCc5ncc(C)s5)c(Cl)c4)c3n2)C1. The number of aryl methyl sites for hydroxylation is 1. The number of rotatable bonds is 9. The molecule has 0 spiro atoms. The number of pyridine rings is 1. The van der Waals surface area contributed by atoms with Crippen LogP contribution in [0.3, 0.4) is 0 Å². The normalized spacial score (nSPS) is 16.7. The molecule has 0 bridgehead atoms. The average Bonchev–Trinajstić information content (AvgIpc) is 3.52. The summed E-state index contributed by atoms with van der Waals surface area (Å²) >= 11 is 8.06. The number of aromatic nitrogens is 4. The van der Waals surface area contributed by atoms with Crippen LogP contribution >= 0.6 is 22.9 Å². The number of hydrogen-bond acceptors (Lipinski definition) is 10. The highest BCUT2D eigenvalue weighted by atomic mass is 35.5. The minimum atomic E-state index is -0.674. The van der Waals surface area contributed by atoms with Crippen molar-refractivity contribution >= 4 is 45.5 Å². The van der Waals surface area contributed by atoms with E-state index in [1.54, 1.807) is 29.5 Å². The Hall–Kier alpha value is -3.31. The number of nitrogens with zero attached hydrogens (tertiary/aromatic N) is 5. The van der Waals surface area contributed by atoms with Crippen molar-refractivity contribution in [3.05, 3.63) is 70.4 Å². The number of thiazole rings is 1. The molecule has 5 rings (SSSR count). The number of anilines is 2. The molecule has 2 atom stereocenters. The predicted octanol–water partition coefficient (Wildman–Crippen LogP) is 4.72. The van der Waals surface area contributed by atoms with Gasteiger partial charge < -0.3 is 19.9 Å². The number of hydrogen-bond donors (Lipinski definition) is 2. The first-order chi connectivity index (χ1) is 17.5. The van der Waals surface area contributed by atoms with E-state index in [9.17, 15) is 5.11 Å². The Labute approximate surface area is 217 Å². The third-order valence-electron chi connectivity index (χ3n) is 5.72. The van der Waals surface area contributed by atoms with Gasteiger partial charge in [0.05, 0.1) is 10.5 Å². The summed E-state index contributed by atoms with van der Waals surface area (Å²) in [6, 6.07) is 9.08. The van der Waals surface area contributed by atoms with Gasteiger partial charge in [-0.05, 0) is 43.7 Å². The molecule has 0 saturated carbocycles. The van der Waals surface area contributed by atoms with E-state index in [-0.39, 0.29) is 6.10 Å².